The highest BCUT2D eigenvalue weighted by Crippen LogP contribution is 2.64. The van der Waals surface area contributed by atoms with E-state index in [-0.39, 0.29) is 10.8 Å². The molecule has 1 heterocycles. The van der Waals surface area contributed by atoms with Crippen LogP contribution in [0.1, 0.15) is 31.6 Å². The molecule has 17 heavy (non-hydrogen) atoms. The van der Waals surface area contributed by atoms with Crippen molar-refractivity contribution in [3.63, 3.8) is 0 Å². The predicted molar refractivity (Wildman–Crippen MR) is 70.1 cm³/mol. The van der Waals surface area contributed by atoms with Gasteiger partial charge in [-0.2, -0.15) is 0 Å². The van der Waals surface area contributed by atoms with Gasteiger partial charge < -0.3 is 10.2 Å². The molecule has 0 amide bonds. The number of fused-ring (bicyclic) bond motifs is 1. The fraction of sp³-hybridized carbons (Fsp3) is 0.467. The Morgan fingerprint density at radius 2 is 1.94 bits per heavy atom. The van der Waals surface area contributed by atoms with Gasteiger partial charge in [0.1, 0.15) is 11.3 Å². The van der Waals surface area contributed by atoms with Crippen molar-refractivity contribution >= 4 is 11.0 Å². The van der Waals surface area contributed by atoms with Crippen molar-refractivity contribution in [1.29, 1.82) is 0 Å². The highest BCUT2D eigenvalue weighted by atomic mass is 16.3. The van der Waals surface area contributed by atoms with Crippen LogP contribution in [0.15, 0.2) is 28.7 Å². The maximum atomic E-state index is 6.07. The molecule has 1 aliphatic rings. The zero-order valence-corrected chi connectivity index (χ0v) is 10.7. The number of para-hydroxylation sites is 1. The Bertz CT molecular complexity index is 582. The van der Waals surface area contributed by atoms with Gasteiger partial charge in [0.25, 0.3) is 0 Å². The second-order valence-corrected chi connectivity index (χ2v) is 5.90. The summed E-state index contributed by atoms with van der Waals surface area (Å²) in [7, 11) is 0. The van der Waals surface area contributed by atoms with E-state index < -0.39 is 0 Å². The Balaban J connectivity index is 2.22. The van der Waals surface area contributed by atoms with E-state index in [2.05, 4.69) is 32.9 Å². The minimum absolute atomic E-state index is 0.0517. The van der Waals surface area contributed by atoms with Crippen molar-refractivity contribution < 1.29 is 4.42 Å². The fourth-order valence-electron chi connectivity index (χ4n) is 3.17. The van der Waals surface area contributed by atoms with E-state index >= 15 is 0 Å². The number of rotatable bonds is 2. The Morgan fingerprint density at radius 3 is 2.47 bits per heavy atom. The van der Waals surface area contributed by atoms with Gasteiger partial charge >= 0.3 is 0 Å². The molecule has 0 aliphatic heterocycles. The van der Waals surface area contributed by atoms with E-state index in [0.717, 1.165) is 17.8 Å². The summed E-state index contributed by atoms with van der Waals surface area (Å²) < 4.78 is 6.07. The molecule has 1 saturated carbocycles. The summed E-state index contributed by atoms with van der Waals surface area (Å²) in [4.78, 5) is 0. The van der Waals surface area contributed by atoms with Crippen molar-refractivity contribution in [3.05, 3.63) is 35.6 Å². The zero-order chi connectivity index (χ0) is 12.3. The van der Waals surface area contributed by atoms with Gasteiger partial charge in [0.15, 0.2) is 0 Å². The van der Waals surface area contributed by atoms with Crippen molar-refractivity contribution in [2.45, 2.75) is 32.6 Å². The highest BCUT2D eigenvalue weighted by Gasteiger charge is 2.63. The second-order valence-electron chi connectivity index (χ2n) is 5.90. The van der Waals surface area contributed by atoms with E-state index in [9.17, 15) is 0 Å². The van der Waals surface area contributed by atoms with Crippen LogP contribution in [0, 0.1) is 12.3 Å². The molecule has 1 aliphatic carbocycles. The molecule has 2 heteroatoms. The Hall–Kier alpha value is -1.28. The van der Waals surface area contributed by atoms with Crippen molar-refractivity contribution in [3.8, 4) is 0 Å². The van der Waals surface area contributed by atoms with Crippen LogP contribution in [0.2, 0.25) is 0 Å². The molecule has 2 nitrogen and oxygen atoms in total. The van der Waals surface area contributed by atoms with Gasteiger partial charge in [0.2, 0.25) is 0 Å². The number of nitrogens with two attached hydrogens (primary N) is 1. The standard InChI is InChI=1S/C15H19NO/c1-10-11-6-4-5-7-12(11)17-13(10)15(9-16)8-14(15,2)3/h4-7H,8-9,16H2,1-3H3. The maximum absolute atomic E-state index is 6.07. The normalized spacial score (nSPS) is 26.4. The van der Waals surface area contributed by atoms with Crippen LogP contribution >= 0.6 is 0 Å². The van der Waals surface area contributed by atoms with Gasteiger partial charge in [-0.1, -0.05) is 32.0 Å². The summed E-state index contributed by atoms with van der Waals surface area (Å²) in [5.74, 6) is 1.10. The highest BCUT2D eigenvalue weighted by molar-refractivity contribution is 5.82. The lowest BCUT2D eigenvalue weighted by molar-refractivity contribution is 0.410. The summed E-state index contributed by atoms with van der Waals surface area (Å²) in [6.07, 6.45) is 1.12. The number of furan rings is 1. The number of hydrogen-bond acceptors (Lipinski definition) is 2. The van der Waals surface area contributed by atoms with Crippen LogP contribution in [0.25, 0.3) is 11.0 Å². The molecule has 2 N–H and O–H groups in total. The largest absolute Gasteiger partial charge is 0.460 e. The van der Waals surface area contributed by atoms with Gasteiger partial charge in [-0.05, 0) is 30.4 Å². The molecule has 1 aromatic carbocycles. The Labute approximate surface area is 102 Å². The predicted octanol–water partition coefficient (Wildman–Crippen LogP) is 3.37. The van der Waals surface area contributed by atoms with Crippen LogP contribution in [0.5, 0.6) is 0 Å². The summed E-state index contributed by atoms with van der Waals surface area (Å²) in [6, 6.07) is 8.23. The third kappa shape index (κ3) is 1.25. The SMILES string of the molecule is Cc1c(C2(CN)CC2(C)C)oc2ccccc12. The molecule has 0 bridgehead atoms. The molecule has 2 aromatic rings. The molecule has 0 spiro atoms. The lowest BCUT2D eigenvalue weighted by Crippen LogP contribution is -2.25. The topological polar surface area (TPSA) is 39.2 Å². The van der Waals surface area contributed by atoms with Crippen molar-refractivity contribution in [2.24, 2.45) is 11.1 Å². The minimum atomic E-state index is 0.0517. The smallest absolute Gasteiger partial charge is 0.134 e. The Morgan fingerprint density at radius 1 is 1.29 bits per heavy atom. The summed E-state index contributed by atoms with van der Waals surface area (Å²) >= 11 is 0. The third-order valence-corrected chi connectivity index (χ3v) is 4.54. The monoisotopic (exact) mass is 229 g/mol. The molecule has 1 fully saturated rings. The van der Waals surface area contributed by atoms with Gasteiger partial charge in [0.05, 0.1) is 0 Å². The molecule has 1 unspecified atom stereocenters. The molecule has 1 atom stereocenters. The quantitative estimate of drug-likeness (QED) is 0.857. The van der Waals surface area contributed by atoms with E-state index in [1.54, 1.807) is 0 Å². The molecule has 1 aromatic heterocycles. The molecule has 90 valence electrons. The number of benzene rings is 1. The van der Waals surface area contributed by atoms with E-state index in [4.69, 9.17) is 10.2 Å². The fourth-order valence-corrected chi connectivity index (χ4v) is 3.17. The summed E-state index contributed by atoms with van der Waals surface area (Å²) in [5, 5.41) is 1.22. The molecule has 3 rings (SSSR count). The lowest BCUT2D eigenvalue weighted by Gasteiger charge is -2.16. The number of aryl methyl sites for hydroxylation is 1. The number of hydrogen-bond donors (Lipinski definition) is 1. The van der Waals surface area contributed by atoms with Gasteiger partial charge in [-0.25, -0.2) is 0 Å². The summed E-state index contributed by atoms with van der Waals surface area (Å²) in [6.45, 7) is 7.35. The van der Waals surface area contributed by atoms with Crippen LogP contribution in [-0.4, -0.2) is 6.54 Å². The van der Waals surface area contributed by atoms with Crippen LogP contribution in [0.3, 0.4) is 0 Å². The third-order valence-electron chi connectivity index (χ3n) is 4.54. The van der Waals surface area contributed by atoms with Crippen LogP contribution in [0.4, 0.5) is 0 Å². The summed E-state index contributed by atoms with van der Waals surface area (Å²) in [5.41, 5.74) is 8.57. The van der Waals surface area contributed by atoms with E-state index in [1.165, 1.54) is 10.9 Å². The van der Waals surface area contributed by atoms with Crippen LogP contribution in [-0.2, 0) is 5.41 Å². The first-order valence-electron chi connectivity index (χ1n) is 6.20. The van der Waals surface area contributed by atoms with Crippen molar-refractivity contribution in [1.82, 2.24) is 0 Å². The molecule has 0 radical (unpaired) electrons. The van der Waals surface area contributed by atoms with E-state index in [0.29, 0.717) is 6.54 Å². The second kappa shape index (κ2) is 3.14. The average Bonchev–Trinajstić information content (AvgIpc) is 2.72. The zero-order valence-electron chi connectivity index (χ0n) is 10.7. The van der Waals surface area contributed by atoms with E-state index in [1.807, 2.05) is 12.1 Å². The Kier molecular flexibility index (Phi) is 2.00. The first kappa shape index (κ1) is 10.8. The maximum Gasteiger partial charge on any atom is 0.134 e. The first-order valence-corrected chi connectivity index (χ1v) is 6.20. The minimum Gasteiger partial charge on any atom is -0.460 e. The molecular formula is C15H19NO. The van der Waals surface area contributed by atoms with Crippen molar-refractivity contribution in [2.75, 3.05) is 6.54 Å². The average molecular weight is 229 g/mol. The molecule has 0 saturated heterocycles. The van der Waals surface area contributed by atoms with Crippen LogP contribution < -0.4 is 5.73 Å². The van der Waals surface area contributed by atoms with Gasteiger partial charge in [-0.3, -0.25) is 0 Å². The van der Waals surface area contributed by atoms with Gasteiger partial charge in [-0.15, -0.1) is 0 Å². The molecular weight excluding hydrogens is 210 g/mol. The first-order chi connectivity index (χ1) is 8.02. The van der Waals surface area contributed by atoms with Gasteiger partial charge in [0, 0.05) is 17.3 Å². The lowest BCUT2D eigenvalue weighted by atomic mass is 9.90.